The third kappa shape index (κ3) is 2.90. The zero-order valence-corrected chi connectivity index (χ0v) is 10.2. The van der Waals surface area contributed by atoms with Gasteiger partial charge in [-0.1, -0.05) is 18.2 Å². The zero-order valence-electron chi connectivity index (χ0n) is 9.41. The largest absolute Gasteiger partial charge is 0.305 e. The standard InChI is InChI=1S/C13H13F2NS/c1-9(12-6-3-7-17-12)16-8-10-4-2-5-11(14)13(10)15/h2-7,9,16H,8H2,1H3/t9-/m0/s1. The van der Waals surface area contributed by atoms with Crippen LogP contribution in [0.3, 0.4) is 0 Å². The van der Waals surface area contributed by atoms with E-state index in [2.05, 4.69) is 5.32 Å². The number of hydrogen-bond donors (Lipinski definition) is 1. The van der Waals surface area contributed by atoms with E-state index in [0.29, 0.717) is 12.1 Å². The van der Waals surface area contributed by atoms with E-state index < -0.39 is 11.6 Å². The zero-order chi connectivity index (χ0) is 12.3. The van der Waals surface area contributed by atoms with Gasteiger partial charge in [-0.25, -0.2) is 8.78 Å². The van der Waals surface area contributed by atoms with Crippen LogP contribution < -0.4 is 5.32 Å². The Hall–Kier alpha value is -1.26. The minimum atomic E-state index is -0.798. The van der Waals surface area contributed by atoms with Crippen LogP contribution >= 0.6 is 11.3 Å². The quantitative estimate of drug-likeness (QED) is 0.872. The summed E-state index contributed by atoms with van der Waals surface area (Å²) >= 11 is 1.64. The van der Waals surface area contributed by atoms with E-state index in [1.807, 2.05) is 24.4 Å². The van der Waals surface area contributed by atoms with Crippen molar-refractivity contribution in [3.8, 4) is 0 Å². The van der Waals surface area contributed by atoms with Crippen LogP contribution in [0, 0.1) is 11.6 Å². The highest BCUT2D eigenvalue weighted by molar-refractivity contribution is 7.10. The SMILES string of the molecule is C[C@H](NCc1cccc(F)c1F)c1cccs1. The van der Waals surface area contributed by atoms with Crippen LogP contribution in [0.5, 0.6) is 0 Å². The molecule has 0 aliphatic carbocycles. The van der Waals surface area contributed by atoms with Gasteiger partial charge in [0, 0.05) is 23.0 Å². The molecule has 0 aliphatic rings. The second-order valence-electron chi connectivity index (χ2n) is 3.83. The van der Waals surface area contributed by atoms with Crippen molar-refractivity contribution >= 4 is 11.3 Å². The number of benzene rings is 1. The first-order chi connectivity index (χ1) is 8.18. The van der Waals surface area contributed by atoms with Crippen molar-refractivity contribution in [2.75, 3.05) is 0 Å². The lowest BCUT2D eigenvalue weighted by Crippen LogP contribution is -2.18. The molecule has 1 heterocycles. The summed E-state index contributed by atoms with van der Waals surface area (Å²) in [5.41, 5.74) is 0.355. The average Bonchev–Trinajstić information content (AvgIpc) is 2.84. The molecule has 0 fully saturated rings. The fourth-order valence-corrected chi connectivity index (χ4v) is 2.35. The van der Waals surface area contributed by atoms with Crippen molar-refractivity contribution in [3.63, 3.8) is 0 Å². The Bertz CT molecular complexity index is 482. The molecule has 0 unspecified atom stereocenters. The van der Waals surface area contributed by atoms with Gasteiger partial charge in [-0.15, -0.1) is 11.3 Å². The van der Waals surface area contributed by atoms with Gasteiger partial charge in [0.15, 0.2) is 11.6 Å². The molecule has 2 aromatic rings. The Labute approximate surface area is 103 Å². The van der Waals surface area contributed by atoms with Crippen molar-refractivity contribution in [1.29, 1.82) is 0 Å². The van der Waals surface area contributed by atoms with Crippen LogP contribution in [-0.4, -0.2) is 0 Å². The van der Waals surface area contributed by atoms with Crippen LogP contribution in [0.15, 0.2) is 35.7 Å². The third-order valence-corrected chi connectivity index (χ3v) is 3.66. The average molecular weight is 253 g/mol. The fraction of sp³-hybridized carbons (Fsp3) is 0.231. The molecule has 1 aromatic heterocycles. The maximum absolute atomic E-state index is 13.4. The molecule has 1 aromatic carbocycles. The van der Waals surface area contributed by atoms with Gasteiger partial charge < -0.3 is 5.32 Å². The first-order valence-electron chi connectivity index (χ1n) is 5.38. The third-order valence-electron chi connectivity index (χ3n) is 2.60. The molecule has 0 radical (unpaired) electrons. The van der Waals surface area contributed by atoms with Crippen LogP contribution in [0.2, 0.25) is 0 Å². The predicted octanol–water partition coefficient (Wildman–Crippen LogP) is 3.88. The van der Waals surface area contributed by atoms with Gasteiger partial charge in [-0.05, 0) is 24.4 Å². The number of rotatable bonds is 4. The molecule has 4 heteroatoms. The van der Waals surface area contributed by atoms with E-state index in [1.165, 1.54) is 10.9 Å². The summed E-state index contributed by atoms with van der Waals surface area (Å²) in [6, 6.07) is 8.36. The van der Waals surface area contributed by atoms with E-state index in [-0.39, 0.29) is 6.04 Å². The van der Waals surface area contributed by atoms with Crippen LogP contribution in [-0.2, 0) is 6.54 Å². The van der Waals surface area contributed by atoms with Crippen molar-refractivity contribution in [2.45, 2.75) is 19.5 Å². The molecule has 0 saturated heterocycles. The van der Waals surface area contributed by atoms with E-state index in [4.69, 9.17) is 0 Å². The second kappa shape index (κ2) is 5.38. The molecule has 0 aliphatic heterocycles. The molecule has 1 nitrogen and oxygen atoms in total. The van der Waals surface area contributed by atoms with E-state index in [0.717, 1.165) is 6.07 Å². The maximum atomic E-state index is 13.4. The topological polar surface area (TPSA) is 12.0 Å². The summed E-state index contributed by atoms with van der Waals surface area (Å²) in [6.45, 7) is 2.33. The molecular formula is C13H13F2NS. The normalized spacial score (nSPS) is 12.6. The highest BCUT2D eigenvalue weighted by Gasteiger charge is 2.10. The van der Waals surface area contributed by atoms with Crippen LogP contribution in [0.4, 0.5) is 8.78 Å². The first-order valence-corrected chi connectivity index (χ1v) is 6.26. The lowest BCUT2D eigenvalue weighted by atomic mass is 10.2. The molecule has 2 rings (SSSR count). The molecule has 90 valence electrons. The Morgan fingerprint density at radius 3 is 2.76 bits per heavy atom. The van der Waals surface area contributed by atoms with Crippen LogP contribution in [0.1, 0.15) is 23.4 Å². The van der Waals surface area contributed by atoms with Crippen molar-refractivity contribution in [3.05, 3.63) is 57.8 Å². The summed E-state index contributed by atoms with van der Waals surface area (Å²) in [5, 5.41) is 5.17. The minimum absolute atomic E-state index is 0.137. The number of thiophene rings is 1. The van der Waals surface area contributed by atoms with Gasteiger partial charge >= 0.3 is 0 Å². The molecular weight excluding hydrogens is 240 g/mol. The molecule has 0 spiro atoms. The van der Waals surface area contributed by atoms with Gasteiger partial charge in [0.25, 0.3) is 0 Å². The smallest absolute Gasteiger partial charge is 0.163 e. The summed E-state index contributed by atoms with van der Waals surface area (Å²) < 4.78 is 26.4. The molecule has 1 atom stereocenters. The highest BCUT2D eigenvalue weighted by atomic mass is 32.1. The van der Waals surface area contributed by atoms with Crippen molar-refractivity contribution < 1.29 is 8.78 Å². The van der Waals surface area contributed by atoms with Gasteiger partial charge in [0.1, 0.15) is 0 Å². The van der Waals surface area contributed by atoms with Gasteiger partial charge in [0.05, 0.1) is 0 Å². The maximum Gasteiger partial charge on any atom is 0.163 e. The van der Waals surface area contributed by atoms with Gasteiger partial charge in [0.2, 0.25) is 0 Å². The Morgan fingerprint density at radius 2 is 2.06 bits per heavy atom. The predicted molar refractivity (Wildman–Crippen MR) is 65.9 cm³/mol. The summed E-state index contributed by atoms with van der Waals surface area (Å²) in [6.07, 6.45) is 0. The number of halogens is 2. The van der Waals surface area contributed by atoms with Gasteiger partial charge in [-0.2, -0.15) is 0 Å². The van der Waals surface area contributed by atoms with E-state index >= 15 is 0 Å². The van der Waals surface area contributed by atoms with Crippen LogP contribution in [0.25, 0.3) is 0 Å². The van der Waals surface area contributed by atoms with Crippen molar-refractivity contribution in [2.24, 2.45) is 0 Å². The lowest BCUT2D eigenvalue weighted by molar-refractivity contribution is 0.485. The fourth-order valence-electron chi connectivity index (χ4n) is 1.59. The van der Waals surface area contributed by atoms with Gasteiger partial charge in [-0.3, -0.25) is 0 Å². The Morgan fingerprint density at radius 1 is 1.24 bits per heavy atom. The summed E-state index contributed by atoms with van der Waals surface area (Å²) in [5.74, 6) is -1.56. The molecule has 17 heavy (non-hydrogen) atoms. The summed E-state index contributed by atoms with van der Waals surface area (Å²) in [7, 11) is 0. The second-order valence-corrected chi connectivity index (χ2v) is 4.81. The van der Waals surface area contributed by atoms with E-state index in [9.17, 15) is 8.78 Å². The summed E-state index contributed by atoms with van der Waals surface area (Å²) in [4.78, 5) is 1.18. The minimum Gasteiger partial charge on any atom is -0.305 e. The van der Waals surface area contributed by atoms with E-state index in [1.54, 1.807) is 17.4 Å². The monoisotopic (exact) mass is 253 g/mol. The first kappa shape index (κ1) is 12.2. The Balaban J connectivity index is 2.00. The molecule has 0 saturated carbocycles. The Kier molecular flexibility index (Phi) is 3.86. The number of nitrogens with one attached hydrogen (secondary N) is 1. The molecule has 0 amide bonds. The van der Waals surface area contributed by atoms with Crippen molar-refractivity contribution in [1.82, 2.24) is 5.32 Å². The molecule has 0 bridgehead atoms. The highest BCUT2D eigenvalue weighted by Crippen LogP contribution is 2.19. The lowest BCUT2D eigenvalue weighted by Gasteiger charge is -2.12. The number of hydrogen-bond acceptors (Lipinski definition) is 2. The molecule has 1 N–H and O–H groups in total.